The SMILES string of the molecule is C.C.C.C.C.C.C.C.C.C.C.C.C.C.C.C=CCOC(CC)COCC.CC.CC.CC(=O)c1ccccc1.CCC.CCC(C)=O.CCNC(C)=O.CCOC(C)=O.CCOCC(O)CC.CCc1ccccc1. The van der Waals surface area contributed by atoms with Crippen LogP contribution in [0.1, 0.15) is 278 Å². The van der Waals surface area contributed by atoms with Crippen LogP contribution < -0.4 is 5.32 Å². The summed E-state index contributed by atoms with van der Waals surface area (Å²) < 4.78 is 20.0. The lowest BCUT2D eigenvalue weighted by atomic mass is 10.2. The number of ketones is 2. The molecular weight excluding hydrogens is 939 g/mol. The Bertz CT molecular complexity index is 1080. The number of hydrogen-bond acceptors (Lipinski definition) is 9. The molecule has 75 heavy (non-hydrogen) atoms. The zero-order chi connectivity index (χ0) is 48.4. The van der Waals surface area contributed by atoms with E-state index in [-0.39, 0.29) is 147 Å². The second-order valence-corrected chi connectivity index (χ2v) is 11.6. The van der Waals surface area contributed by atoms with Crippen molar-refractivity contribution in [1.29, 1.82) is 0 Å². The maximum Gasteiger partial charge on any atom is 0.302 e. The summed E-state index contributed by atoms with van der Waals surface area (Å²) in [5.74, 6) is 0.204. The molecule has 0 saturated carbocycles. The Hall–Kier alpha value is -3.70. The van der Waals surface area contributed by atoms with E-state index in [2.05, 4.69) is 68.6 Å². The molecule has 2 aromatic rings. The largest absolute Gasteiger partial charge is 0.466 e. The quantitative estimate of drug-likeness (QED) is 0.0956. The maximum absolute atomic E-state index is 10.6. The second-order valence-electron chi connectivity index (χ2n) is 11.6. The van der Waals surface area contributed by atoms with E-state index in [4.69, 9.17) is 19.3 Å². The van der Waals surface area contributed by atoms with Crippen LogP contribution in [-0.4, -0.2) is 86.9 Å². The lowest BCUT2D eigenvalue weighted by molar-refractivity contribution is -0.140. The summed E-state index contributed by atoms with van der Waals surface area (Å²) in [6.45, 7) is 41.9. The molecule has 2 N–H and O–H groups in total. The number of esters is 1. The highest BCUT2D eigenvalue weighted by Crippen LogP contribution is 1.99. The highest BCUT2D eigenvalue weighted by molar-refractivity contribution is 5.93. The Morgan fingerprint density at radius 1 is 0.560 bits per heavy atom. The number of rotatable bonds is 16. The molecule has 1 amide bonds. The smallest absolute Gasteiger partial charge is 0.302 e. The van der Waals surface area contributed by atoms with E-state index < -0.39 is 0 Å². The highest BCUT2D eigenvalue weighted by Gasteiger charge is 2.04. The molecule has 0 aliphatic carbocycles. The summed E-state index contributed by atoms with van der Waals surface area (Å²) in [7, 11) is 0. The van der Waals surface area contributed by atoms with Crippen LogP contribution in [0.25, 0.3) is 0 Å². The third-order valence-corrected chi connectivity index (χ3v) is 6.10. The number of nitrogens with one attached hydrogen (secondary N) is 1. The molecule has 0 bridgehead atoms. The predicted molar refractivity (Wildman–Crippen MR) is 359 cm³/mol. The fourth-order valence-electron chi connectivity index (χ4n) is 2.95. The minimum atomic E-state index is -0.269. The van der Waals surface area contributed by atoms with Crippen molar-refractivity contribution in [3.8, 4) is 0 Å². The van der Waals surface area contributed by atoms with E-state index in [1.165, 1.54) is 25.8 Å². The number of aliphatic hydroxyl groups is 1. The number of Topliss-reactive ketones (excluding diaryl/α,β-unsaturated/α-hetero) is 2. The summed E-state index contributed by atoms with van der Waals surface area (Å²) in [5, 5.41) is 11.4. The summed E-state index contributed by atoms with van der Waals surface area (Å²) in [6, 6.07) is 19.7. The number of amides is 1. The molecule has 2 unspecified atom stereocenters. The number of ether oxygens (including phenoxy) is 4. The number of benzene rings is 2. The van der Waals surface area contributed by atoms with Gasteiger partial charge in [0, 0.05) is 45.6 Å². The zero-order valence-electron chi connectivity index (χ0n) is 41.9. The van der Waals surface area contributed by atoms with Crippen LogP contribution in [0.4, 0.5) is 0 Å². The molecule has 0 spiro atoms. The average molecular weight is 1090 g/mol. The molecule has 10 heteroatoms. The first kappa shape index (κ1) is 151. The Balaban J connectivity index is -0.0000000192. The molecule has 2 aromatic carbocycles. The Kier molecular flexibility index (Phi) is 291. The van der Waals surface area contributed by atoms with Crippen LogP contribution in [0.2, 0.25) is 0 Å². The minimum absolute atomic E-state index is 0. The fourth-order valence-corrected chi connectivity index (χ4v) is 2.95. The van der Waals surface area contributed by atoms with E-state index in [0.717, 1.165) is 38.0 Å². The molecular formula is C65H155NO9. The van der Waals surface area contributed by atoms with Gasteiger partial charge in [-0.15, -0.1) is 6.58 Å². The Morgan fingerprint density at radius 2 is 0.907 bits per heavy atom. The van der Waals surface area contributed by atoms with Crippen LogP contribution in [0, 0.1) is 0 Å². The molecule has 0 radical (unpaired) electrons. The van der Waals surface area contributed by atoms with Gasteiger partial charge < -0.3 is 34.2 Å². The Morgan fingerprint density at radius 3 is 1.08 bits per heavy atom. The number of carbonyl (C=O) groups is 4. The summed E-state index contributed by atoms with van der Waals surface area (Å²) in [4.78, 5) is 40.2. The predicted octanol–water partition coefficient (Wildman–Crippen LogP) is 21.6. The molecule has 474 valence electrons. The van der Waals surface area contributed by atoms with Gasteiger partial charge in [0.2, 0.25) is 5.91 Å². The van der Waals surface area contributed by atoms with Crippen molar-refractivity contribution in [2.24, 2.45) is 0 Å². The third kappa shape index (κ3) is 183. The molecule has 2 atom stereocenters. The summed E-state index contributed by atoms with van der Waals surface area (Å²) in [6.07, 6.45) is 6.55. The highest BCUT2D eigenvalue weighted by atomic mass is 16.5. The van der Waals surface area contributed by atoms with Gasteiger partial charge in [0.15, 0.2) is 5.78 Å². The molecule has 0 fully saturated rings. The molecule has 0 saturated heterocycles. The summed E-state index contributed by atoms with van der Waals surface area (Å²) in [5.41, 5.74) is 2.19. The monoisotopic (exact) mass is 1090 g/mol. The second kappa shape index (κ2) is 145. The van der Waals surface area contributed by atoms with Gasteiger partial charge in [-0.2, -0.15) is 0 Å². The maximum atomic E-state index is 10.6. The van der Waals surface area contributed by atoms with E-state index in [0.29, 0.717) is 39.5 Å². The van der Waals surface area contributed by atoms with Gasteiger partial charge in [-0.3, -0.25) is 14.4 Å². The molecule has 0 aromatic heterocycles. The molecule has 10 nitrogen and oxygen atoms in total. The molecule has 2 rings (SSSR count). The standard InChI is InChI=1S/C9H18O2.C8H8O.C8H10.C6H14O2.C4H9NO.C4H8O2.C4H8O.C3H8.2C2H6.15CH4/c1-4-7-11-9(5-2)8-10-6-3;1-7(9)8-5-3-2-4-6-8;1-2-8-6-4-3-5-7-8;1-3-6(7)5-8-4-2;1-3-5-4(2)6;1-3-6-4(2)5;1-3-4(2)5;1-3-2;2*1-2;;;;;;;;;;;;;;;/h4,9H,1,5-8H2,2-3H3;2-6H,1H3;3-7H,2H2,1H3;6-7H,3-5H2,1-2H3;3H2,1-2H3,(H,5,6);3H2,1-2H3;3H2,1-2H3;3H2,1-2H3;2*1-2H3;15*1H4. The van der Waals surface area contributed by atoms with Gasteiger partial charge in [0.05, 0.1) is 38.6 Å². The van der Waals surface area contributed by atoms with Crippen LogP contribution >= 0.6 is 0 Å². The van der Waals surface area contributed by atoms with Crippen molar-refractivity contribution in [1.82, 2.24) is 5.32 Å². The first-order valence-corrected chi connectivity index (χ1v) is 22.1. The number of aryl methyl sites for hydroxylation is 1. The molecule has 0 aliphatic heterocycles. The molecule has 0 heterocycles. The van der Waals surface area contributed by atoms with Crippen LogP contribution in [-0.2, 0) is 39.8 Å². The Labute approximate surface area is 481 Å². The van der Waals surface area contributed by atoms with Gasteiger partial charge in [-0.1, -0.05) is 254 Å². The lowest BCUT2D eigenvalue weighted by Crippen LogP contribution is -2.18. The average Bonchev–Trinajstić information content (AvgIpc) is 3.26. The van der Waals surface area contributed by atoms with Crippen molar-refractivity contribution >= 4 is 23.4 Å². The van der Waals surface area contributed by atoms with Gasteiger partial charge in [-0.05, 0) is 66.4 Å². The zero-order valence-corrected chi connectivity index (χ0v) is 41.9. The minimum Gasteiger partial charge on any atom is -0.466 e. The number of aliphatic hydroxyl groups excluding tert-OH is 1. The van der Waals surface area contributed by atoms with Crippen molar-refractivity contribution in [2.75, 3.05) is 46.2 Å². The first-order valence-electron chi connectivity index (χ1n) is 22.1. The van der Waals surface area contributed by atoms with Crippen molar-refractivity contribution in [3.63, 3.8) is 0 Å². The number of hydrogen-bond donors (Lipinski definition) is 2. The van der Waals surface area contributed by atoms with Gasteiger partial charge in [0.25, 0.3) is 0 Å². The van der Waals surface area contributed by atoms with E-state index >= 15 is 0 Å². The van der Waals surface area contributed by atoms with Crippen LogP contribution in [0.5, 0.6) is 0 Å². The number of carbonyl (C=O) groups excluding carboxylic acids is 4. The lowest BCUT2D eigenvalue weighted by Gasteiger charge is -2.13. The van der Waals surface area contributed by atoms with Gasteiger partial charge >= 0.3 is 5.97 Å². The molecule has 0 aliphatic rings. The summed E-state index contributed by atoms with van der Waals surface area (Å²) >= 11 is 0. The van der Waals surface area contributed by atoms with Crippen LogP contribution in [0.15, 0.2) is 73.3 Å². The fraction of sp³-hybridized carbons (Fsp3) is 0.723. The van der Waals surface area contributed by atoms with Gasteiger partial charge in [-0.25, -0.2) is 0 Å². The van der Waals surface area contributed by atoms with Crippen molar-refractivity contribution in [3.05, 3.63) is 84.4 Å². The normalized spacial score (nSPS) is 7.56. The van der Waals surface area contributed by atoms with Crippen molar-refractivity contribution in [2.45, 2.75) is 280 Å². The third-order valence-electron chi connectivity index (χ3n) is 6.10. The van der Waals surface area contributed by atoms with Crippen LogP contribution in [0.3, 0.4) is 0 Å². The van der Waals surface area contributed by atoms with E-state index in [1.54, 1.807) is 26.8 Å². The van der Waals surface area contributed by atoms with Crippen molar-refractivity contribution < 1.29 is 43.2 Å². The van der Waals surface area contributed by atoms with E-state index in [9.17, 15) is 19.2 Å². The van der Waals surface area contributed by atoms with Gasteiger partial charge in [0.1, 0.15) is 5.78 Å². The first-order chi connectivity index (χ1) is 28.6. The van der Waals surface area contributed by atoms with E-state index in [1.807, 2.05) is 98.7 Å². The topological polar surface area (TPSA) is 137 Å².